The number of amides is 4. The molecule has 2 aromatic rings. The zero-order chi connectivity index (χ0) is 21.0. The van der Waals surface area contributed by atoms with Gasteiger partial charge in [0.1, 0.15) is 5.75 Å². The number of anilines is 2. The second-order valence-corrected chi connectivity index (χ2v) is 6.56. The average molecular weight is 395 g/mol. The third-order valence-electron chi connectivity index (χ3n) is 4.46. The van der Waals surface area contributed by atoms with E-state index in [0.717, 1.165) is 4.90 Å². The highest BCUT2D eigenvalue weighted by Gasteiger charge is 2.34. The molecule has 0 bridgehead atoms. The molecule has 3 rings (SSSR count). The molecule has 0 spiro atoms. The Hall–Kier alpha value is -3.68. The van der Waals surface area contributed by atoms with E-state index in [1.54, 1.807) is 42.5 Å². The molecule has 0 unspecified atom stereocenters. The monoisotopic (exact) mass is 395 g/mol. The van der Waals surface area contributed by atoms with Crippen LogP contribution in [0.3, 0.4) is 0 Å². The molecule has 2 aromatic carbocycles. The van der Waals surface area contributed by atoms with E-state index < -0.39 is 0 Å². The maximum Gasteiger partial charge on any atom is 0.261 e. The van der Waals surface area contributed by atoms with Gasteiger partial charge >= 0.3 is 0 Å². The normalized spacial score (nSPS) is 12.6. The molecule has 0 atom stereocenters. The number of imide groups is 1. The Bertz CT molecular complexity index is 951. The van der Waals surface area contributed by atoms with Crippen LogP contribution in [0.25, 0.3) is 0 Å². The van der Waals surface area contributed by atoms with Crippen LogP contribution < -0.4 is 15.4 Å². The number of carbonyl (C=O) groups excluding carboxylic acids is 4. The van der Waals surface area contributed by atoms with E-state index in [1.807, 2.05) is 0 Å². The highest BCUT2D eigenvalue weighted by Crippen LogP contribution is 2.28. The lowest BCUT2D eigenvalue weighted by molar-refractivity contribution is -0.116. The number of hydrogen-bond donors (Lipinski definition) is 2. The number of hydrogen-bond acceptors (Lipinski definition) is 5. The second-order valence-electron chi connectivity index (χ2n) is 6.56. The molecule has 1 aliphatic heterocycles. The Morgan fingerprint density at radius 3 is 2.24 bits per heavy atom. The number of ether oxygens (including phenoxy) is 1. The number of benzene rings is 2. The first-order valence-electron chi connectivity index (χ1n) is 9.11. The van der Waals surface area contributed by atoms with Crippen molar-refractivity contribution in [1.82, 2.24) is 4.90 Å². The van der Waals surface area contributed by atoms with Gasteiger partial charge in [-0.25, -0.2) is 0 Å². The van der Waals surface area contributed by atoms with Crippen molar-refractivity contribution in [2.45, 2.75) is 19.8 Å². The SMILES string of the molecule is COc1ccc(NC(C)=O)cc1NC(=O)CCCN1C(=O)c2ccccc2C1=O. The highest BCUT2D eigenvalue weighted by molar-refractivity contribution is 6.21. The summed E-state index contributed by atoms with van der Waals surface area (Å²) in [6.45, 7) is 1.55. The summed E-state index contributed by atoms with van der Waals surface area (Å²) in [5.41, 5.74) is 1.73. The van der Waals surface area contributed by atoms with Gasteiger partial charge in [0.05, 0.1) is 23.9 Å². The fourth-order valence-electron chi connectivity index (χ4n) is 3.14. The molecule has 29 heavy (non-hydrogen) atoms. The lowest BCUT2D eigenvalue weighted by Gasteiger charge is -2.14. The summed E-state index contributed by atoms with van der Waals surface area (Å²) in [5, 5.41) is 5.38. The molecule has 2 N–H and O–H groups in total. The van der Waals surface area contributed by atoms with Crippen LogP contribution in [0, 0.1) is 0 Å². The molecule has 0 radical (unpaired) electrons. The lowest BCUT2D eigenvalue weighted by atomic mass is 10.1. The van der Waals surface area contributed by atoms with Gasteiger partial charge in [-0.15, -0.1) is 0 Å². The zero-order valence-corrected chi connectivity index (χ0v) is 16.2. The third-order valence-corrected chi connectivity index (χ3v) is 4.46. The quantitative estimate of drug-likeness (QED) is 0.702. The van der Waals surface area contributed by atoms with Crippen LogP contribution in [0.15, 0.2) is 42.5 Å². The van der Waals surface area contributed by atoms with E-state index in [9.17, 15) is 19.2 Å². The van der Waals surface area contributed by atoms with E-state index in [-0.39, 0.29) is 36.6 Å². The highest BCUT2D eigenvalue weighted by atomic mass is 16.5. The first kappa shape index (κ1) is 20.1. The molecule has 4 amide bonds. The van der Waals surface area contributed by atoms with E-state index >= 15 is 0 Å². The molecule has 150 valence electrons. The summed E-state index contributed by atoms with van der Waals surface area (Å²) in [7, 11) is 1.48. The van der Waals surface area contributed by atoms with Crippen molar-refractivity contribution < 1.29 is 23.9 Å². The van der Waals surface area contributed by atoms with E-state index in [0.29, 0.717) is 34.7 Å². The van der Waals surface area contributed by atoms with Crippen LogP contribution in [0.4, 0.5) is 11.4 Å². The van der Waals surface area contributed by atoms with E-state index in [1.165, 1.54) is 14.0 Å². The van der Waals surface area contributed by atoms with Gasteiger partial charge in [0, 0.05) is 25.6 Å². The van der Waals surface area contributed by atoms with Crippen molar-refractivity contribution in [1.29, 1.82) is 0 Å². The van der Waals surface area contributed by atoms with Gasteiger partial charge in [-0.1, -0.05) is 12.1 Å². The molecule has 8 heteroatoms. The maximum absolute atomic E-state index is 12.3. The first-order valence-corrected chi connectivity index (χ1v) is 9.11. The summed E-state index contributed by atoms with van der Waals surface area (Å²) in [6.07, 6.45) is 0.436. The number of rotatable bonds is 7. The van der Waals surface area contributed by atoms with Crippen LogP contribution in [-0.4, -0.2) is 42.2 Å². The average Bonchev–Trinajstić information content (AvgIpc) is 2.93. The number of methoxy groups -OCH3 is 1. The molecule has 1 aliphatic rings. The van der Waals surface area contributed by atoms with Crippen molar-refractivity contribution in [2.75, 3.05) is 24.3 Å². The Labute approximate surface area is 167 Å². The van der Waals surface area contributed by atoms with Gasteiger partial charge in [-0.3, -0.25) is 24.1 Å². The zero-order valence-electron chi connectivity index (χ0n) is 16.2. The Kier molecular flexibility index (Phi) is 5.92. The fourth-order valence-corrected chi connectivity index (χ4v) is 3.14. The number of carbonyl (C=O) groups is 4. The van der Waals surface area contributed by atoms with Crippen LogP contribution >= 0.6 is 0 Å². The van der Waals surface area contributed by atoms with E-state index in [4.69, 9.17) is 4.74 Å². The van der Waals surface area contributed by atoms with Gasteiger partial charge in [-0.2, -0.15) is 0 Å². The lowest BCUT2D eigenvalue weighted by Crippen LogP contribution is -2.31. The second kappa shape index (κ2) is 8.55. The molecule has 1 heterocycles. The van der Waals surface area contributed by atoms with Crippen molar-refractivity contribution in [3.63, 3.8) is 0 Å². The van der Waals surface area contributed by atoms with Crippen molar-refractivity contribution in [2.24, 2.45) is 0 Å². The smallest absolute Gasteiger partial charge is 0.261 e. The Morgan fingerprint density at radius 1 is 1.00 bits per heavy atom. The van der Waals surface area contributed by atoms with Gasteiger partial charge in [0.25, 0.3) is 11.8 Å². The fraction of sp³-hybridized carbons (Fsp3) is 0.238. The maximum atomic E-state index is 12.3. The third kappa shape index (κ3) is 4.43. The molecule has 0 fully saturated rings. The largest absolute Gasteiger partial charge is 0.495 e. The number of nitrogens with one attached hydrogen (secondary N) is 2. The summed E-state index contributed by atoms with van der Waals surface area (Å²) in [6, 6.07) is 11.6. The predicted molar refractivity (Wildman–Crippen MR) is 107 cm³/mol. The summed E-state index contributed by atoms with van der Waals surface area (Å²) in [5.74, 6) is -0.743. The topological polar surface area (TPSA) is 105 Å². The number of nitrogens with zero attached hydrogens (tertiary/aromatic N) is 1. The molecule has 0 aliphatic carbocycles. The standard InChI is InChI=1S/C21H21N3O5/c1-13(25)22-14-9-10-18(29-2)17(12-14)23-19(26)8-5-11-24-20(27)15-6-3-4-7-16(15)21(24)28/h3-4,6-7,9-10,12H,5,8,11H2,1-2H3,(H,22,25)(H,23,26). The van der Waals surface area contributed by atoms with Gasteiger partial charge in [0.15, 0.2) is 0 Å². The van der Waals surface area contributed by atoms with Crippen LogP contribution in [0.5, 0.6) is 5.75 Å². The van der Waals surface area contributed by atoms with Crippen LogP contribution in [-0.2, 0) is 9.59 Å². The molecule has 0 aromatic heterocycles. The first-order chi connectivity index (χ1) is 13.9. The van der Waals surface area contributed by atoms with E-state index in [2.05, 4.69) is 10.6 Å². The van der Waals surface area contributed by atoms with Gasteiger partial charge < -0.3 is 15.4 Å². The minimum absolute atomic E-state index is 0.112. The van der Waals surface area contributed by atoms with Gasteiger partial charge in [0.2, 0.25) is 11.8 Å². The number of fused-ring (bicyclic) bond motifs is 1. The molecule has 0 saturated carbocycles. The summed E-state index contributed by atoms with van der Waals surface area (Å²) >= 11 is 0. The minimum Gasteiger partial charge on any atom is -0.495 e. The van der Waals surface area contributed by atoms with Crippen molar-refractivity contribution in [3.8, 4) is 5.75 Å². The predicted octanol–water partition coefficient (Wildman–Crippen LogP) is 2.67. The molecule has 8 nitrogen and oxygen atoms in total. The molecular formula is C21H21N3O5. The summed E-state index contributed by atoms with van der Waals surface area (Å²) in [4.78, 5) is 49.4. The van der Waals surface area contributed by atoms with Crippen molar-refractivity contribution >= 4 is 35.0 Å². The minimum atomic E-state index is -0.337. The van der Waals surface area contributed by atoms with Gasteiger partial charge in [-0.05, 0) is 36.8 Å². The molecule has 0 saturated heterocycles. The van der Waals surface area contributed by atoms with Crippen LogP contribution in [0.1, 0.15) is 40.5 Å². The molecular weight excluding hydrogens is 374 g/mol. The Balaban J connectivity index is 1.58. The van der Waals surface area contributed by atoms with Crippen molar-refractivity contribution in [3.05, 3.63) is 53.6 Å². The summed E-state index contributed by atoms with van der Waals surface area (Å²) < 4.78 is 5.23. The Morgan fingerprint density at radius 2 is 1.66 bits per heavy atom. The van der Waals surface area contributed by atoms with Crippen LogP contribution in [0.2, 0.25) is 0 Å².